The highest BCUT2D eigenvalue weighted by molar-refractivity contribution is 6.03. The lowest BCUT2D eigenvalue weighted by atomic mass is 9.71. The molecule has 8 nitrogen and oxygen atoms in total. The fourth-order valence-electron chi connectivity index (χ4n) is 4.96. The second-order valence-electron chi connectivity index (χ2n) is 10.9. The van der Waals surface area contributed by atoms with E-state index in [9.17, 15) is 14.4 Å². The first-order valence-corrected chi connectivity index (χ1v) is 13.7. The van der Waals surface area contributed by atoms with Gasteiger partial charge in [0.15, 0.2) is 6.23 Å². The molecule has 1 unspecified atom stereocenters. The van der Waals surface area contributed by atoms with E-state index in [0.29, 0.717) is 25.9 Å². The summed E-state index contributed by atoms with van der Waals surface area (Å²) in [5.41, 5.74) is 0.103. The molecule has 1 aliphatic rings. The number of nitrogens with one attached hydrogen (secondary N) is 1. The van der Waals surface area contributed by atoms with Crippen molar-refractivity contribution < 1.29 is 19.1 Å². The number of aryl methyl sites for hydroxylation is 1. The molecule has 8 heteroatoms. The number of hydrogen-bond acceptors (Lipinski definition) is 5. The van der Waals surface area contributed by atoms with Crippen molar-refractivity contribution in [3.05, 3.63) is 35.4 Å². The van der Waals surface area contributed by atoms with Crippen LogP contribution in [0.1, 0.15) is 84.4 Å². The molecule has 1 N–H and O–H groups in total. The van der Waals surface area contributed by atoms with Gasteiger partial charge in [-0.1, -0.05) is 57.0 Å². The summed E-state index contributed by atoms with van der Waals surface area (Å²) in [6.07, 6.45) is 1.85. The zero-order valence-corrected chi connectivity index (χ0v) is 24.4. The maximum Gasteiger partial charge on any atom is 0.326 e. The van der Waals surface area contributed by atoms with Gasteiger partial charge < -0.3 is 19.9 Å². The van der Waals surface area contributed by atoms with E-state index in [0.717, 1.165) is 30.5 Å². The van der Waals surface area contributed by atoms with Gasteiger partial charge in [0.2, 0.25) is 5.91 Å². The average Bonchev–Trinajstić information content (AvgIpc) is 2.85. The molecule has 0 aromatic heterocycles. The lowest BCUT2D eigenvalue weighted by molar-refractivity contribution is -0.238. The van der Waals surface area contributed by atoms with Crippen LogP contribution < -0.4 is 5.32 Å². The van der Waals surface area contributed by atoms with Gasteiger partial charge in [-0.15, -0.1) is 0 Å². The van der Waals surface area contributed by atoms with Crippen molar-refractivity contribution in [3.63, 3.8) is 0 Å². The molecular formula is C29H48N4O4. The Balaban J connectivity index is 2.30. The van der Waals surface area contributed by atoms with Crippen LogP contribution in [0.2, 0.25) is 0 Å². The van der Waals surface area contributed by atoms with E-state index in [1.165, 1.54) is 4.90 Å². The van der Waals surface area contributed by atoms with Gasteiger partial charge in [-0.05, 0) is 66.6 Å². The van der Waals surface area contributed by atoms with Crippen LogP contribution in [-0.2, 0) is 14.3 Å². The average molecular weight is 517 g/mol. The Labute approximate surface area is 223 Å². The van der Waals surface area contributed by atoms with Gasteiger partial charge in [0, 0.05) is 19.6 Å². The van der Waals surface area contributed by atoms with Crippen LogP contribution in [0.5, 0.6) is 0 Å². The van der Waals surface area contributed by atoms with Gasteiger partial charge in [0.05, 0.1) is 11.5 Å². The summed E-state index contributed by atoms with van der Waals surface area (Å²) in [5.74, 6) is -0.400. The van der Waals surface area contributed by atoms with Crippen molar-refractivity contribution in [1.29, 1.82) is 0 Å². The number of imide groups is 1. The Morgan fingerprint density at radius 1 is 1.08 bits per heavy atom. The van der Waals surface area contributed by atoms with E-state index >= 15 is 0 Å². The van der Waals surface area contributed by atoms with Crippen molar-refractivity contribution in [3.8, 4) is 0 Å². The third-order valence-electron chi connectivity index (χ3n) is 7.59. The second-order valence-corrected chi connectivity index (χ2v) is 10.9. The Morgan fingerprint density at radius 2 is 1.68 bits per heavy atom. The number of hydrogen-bond donors (Lipinski definition) is 1. The van der Waals surface area contributed by atoms with E-state index < -0.39 is 23.3 Å². The zero-order valence-electron chi connectivity index (χ0n) is 24.4. The van der Waals surface area contributed by atoms with Crippen molar-refractivity contribution in [1.82, 2.24) is 20.0 Å². The molecule has 2 rings (SSSR count). The number of rotatable bonds is 13. The zero-order chi connectivity index (χ0) is 28.0. The first kappa shape index (κ1) is 30.8. The lowest BCUT2D eigenvalue weighted by Gasteiger charge is -2.55. The highest BCUT2D eigenvalue weighted by Gasteiger charge is 2.63. The van der Waals surface area contributed by atoms with Gasteiger partial charge in [0.25, 0.3) is 5.91 Å². The minimum absolute atomic E-state index is 0.152. The highest BCUT2D eigenvalue weighted by Crippen LogP contribution is 2.47. The van der Waals surface area contributed by atoms with Gasteiger partial charge in [-0.2, -0.15) is 0 Å². The summed E-state index contributed by atoms with van der Waals surface area (Å²) in [6.45, 7) is 15.2. The minimum Gasteiger partial charge on any atom is -0.341 e. The number of nitrogens with zero attached hydrogens (tertiary/aromatic N) is 3. The van der Waals surface area contributed by atoms with E-state index in [1.54, 1.807) is 18.7 Å². The molecule has 0 aliphatic carbocycles. The number of ether oxygens (including phenoxy) is 1. The number of benzene rings is 1. The van der Waals surface area contributed by atoms with E-state index in [2.05, 4.69) is 12.2 Å². The van der Waals surface area contributed by atoms with Crippen LogP contribution in [0.15, 0.2) is 24.3 Å². The topological polar surface area (TPSA) is 82.2 Å². The maximum atomic E-state index is 13.5. The summed E-state index contributed by atoms with van der Waals surface area (Å²) >= 11 is 0. The second kappa shape index (κ2) is 12.9. The molecular weight excluding hydrogens is 468 g/mol. The van der Waals surface area contributed by atoms with Gasteiger partial charge >= 0.3 is 6.03 Å². The summed E-state index contributed by atoms with van der Waals surface area (Å²) < 4.78 is 6.43. The largest absolute Gasteiger partial charge is 0.341 e. The summed E-state index contributed by atoms with van der Waals surface area (Å²) in [5, 5.41) is 3.07. The summed E-state index contributed by atoms with van der Waals surface area (Å²) in [6, 6.07) is 7.37. The number of carbonyl (C=O) groups excluding carboxylic acids is 3. The molecule has 37 heavy (non-hydrogen) atoms. The molecule has 1 saturated heterocycles. The highest BCUT2D eigenvalue weighted by atomic mass is 16.5. The van der Waals surface area contributed by atoms with Crippen molar-refractivity contribution in [2.45, 2.75) is 92.0 Å². The van der Waals surface area contributed by atoms with Crippen LogP contribution in [-0.4, -0.2) is 78.1 Å². The monoisotopic (exact) mass is 516 g/mol. The van der Waals surface area contributed by atoms with Crippen LogP contribution in [0, 0.1) is 12.3 Å². The predicted octanol–water partition coefficient (Wildman–Crippen LogP) is 4.73. The molecule has 1 heterocycles. The van der Waals surface area contributed by atoms with E-state index in [-0.39, 0.29) is 17.9 Å². The Hall–Kier alpha value is -2.45. The molecule has 1 aromatic carbocycles. The minimum atomic E-state index is -1.21. The molecule has 0 saturated carbocycles. The Bertz CT molecular complexity index is 924. The Morgan fingerprint density at radius 3 is 2.16 bits per heavy atom. The predicted molar refractivity (Wildman–Crippen MR) is 147 cm³/mol. The molecule has 2 atom stereocenters. The lowest BCUT2D eigenvalue weighted by Crippen LogP contribution is -2.74. The molecule has 0 bridgehead atoms. The normalized spacial score (nSPS) is 17.9. The first-order chi connectivity index (χ1) is 17.4. The molecule has 0 radical (unpaired) electrons. The SMILES string of the molecule is CCC[C@@H](NC(=O)N1C(=O)C(CC)(CC)C1OC(C)(C)C(=O)N(CC)CCN(C)C)c1ccc(C)cc1. The summed E-state index contributed by atoms with van der Waals surface area (Å²) in [7, 11) is 3.94. The number of urea groups is 1. The summed E-state index contributed by atoms with van der Waals surface area (Å²) in [4.78, 5) is 45.4. The van der Waals surface area contributed by atoms with E-state index in [1.807, 2.05) is 71.0 Å². The molecule has 1 fully saturated rings. The van der Waals surface area contributed by atoms with Crippen molar-refractivity contribution >= 4 is 17.8 Å². The number of carbonyl (C=O) groups is 3. The molecule has 1 aliphatic heterocycles. The van der Waals surface area contributed by atoms with Gasteiger partial charge in [-0.25, -0.2) is 9.69 Å². The molecule has 0 spiro atoms. The Kier molecular flexibility index (Phi) is 10.7. The first-order valence-electron chi connectivity index (χ1n) is 13.7. The van der Waals surface area contributed by atoms with Gasteiger partial charge in [-0.3, -0.25) is 9.59 Å². The number of likely N-dealkylation sites (N-methyl/N-ethyl adjacent to an activating group) is 2. The van der Waals surface area contributed by atoms with Crippen LogP contribution in [0.3, 0.4) is 0 Å². The smallest absolute Gasteiger partial charge is 0.326 e. The van der Waals surface area contributed by atoms with Crippen LogP contribution >= 0.6 is 0 Å². The fourth-order valence-corrected chi connectivity index (χ4v) is 4.96. The fraction of sp³-hybridized carbons (Fsp3) is 0.690. The third kappa shape index (κ3) is 6.71. The van der Waals surface area contributed by atoms with Crippen molar-refractivity contribution in [2.75, 3.05) is 33.7 Å². The quantitative estimate of drug-likeness (QED) is 0.384. The number of likely N-dealkylation sites (tertiary alicyclic amines) is 1. The van der Waals surface area contributed by atoms with Gasteiger partial charge in [0.1, 0.15) is 5.60 Å². The van der Waals surface area contributed by atoms with Crippen LogP contribution in [0.25, 0.3) is 0 Å². The van der Waals surface area contributed by atoms with Crippen LogP contribution in [0.4, 0.5) is 4.79 Å². The molecule has 208 valence electrons. The number of amides is 4. The standard InChI is InChI=1S/C29H48N4O4/c1-10-14-23(22-17-15-21(5)16-18-22)30-27(36)33-25(35)29(11-2,12-3)26(33)37-28(6,7)24(34)32(13-4)20-19-31(8)9/h15-18,23,26H,10-14,19-20H2,1-9H3,(H,30,36)/t23-,26?/m1/s1. The maximum absolute atomic E-state index is 13.5. The molecule has 4 amide bonds. The third-order valence-corrected chi connectivity index (χ3v) is 7.59. The van der Waals surface area contributed by atoms with Crippen molar-refractivity contribution in [2.24, 2.45) is 5.41 Å². The molecule has 1 aromatic rings. The van der Waals surface area contributed by atoms with E-state index in [4.69, 9.17) is 4.74 Å². The number of β-lactam (4-membered cyclic amide) rings is 1.